The summed E-state index contributed by atoms with van der Waals surface area (Å²) in [5.74, 6) is 0.453. The van der Waals surface area contributed by atoms with E-state index in [0.29, 0.717) is 10.8 Å². The highest BCUT2D eigenvalue weighted by Gasteiger charge is 2.53. The summed E-state index contributed by atoms with van der Waals surface area (Å²) in [5.41, 5.74) is 1.97. The first-order valence-electron chi connectivity index (χ1n) is 9.03. The minimum atomic E-state index is -1.86. The van der Waals surface area contributed by atoms with Gasteiger partial charge < -0.3 is 29.9 Å². The number of aliphatic hydroxyl groups excluding tert-OH is 3. The molecule has 0 spiro atoms. The van der Waals surface area contributed by atoms with Crippen molar-refractivity contribution in [3.8, 4) is 16.9 Å². The fourth-order valence-corrected chi connectivity index (χ4v) is 3.51. The van der Waals surface area contributed by atoms with Gasteiger partial charge >= 0.3 is 0 Å². The van der Waals surface area contributed by atoms with Crippen LogP contribution in [0.15, 0.2) is 36.4 Å². The largest absolute Gasteiger partial charge is 0.461 e. The maximum Gasteiger partial charge on any atom is 0.231 e. The Bertz CT molecular complexity index is 853. The van der Waals surface area contributed by atoms with Gasteiger partial charge in [0.05, 0.1) is 6.61 Å². The molecule has 28 heavy (non-hydrogen) atoms. The Morgan fingerprint density at radius 2 is 1.82 bits per heavy atom. The van der Waals surface area contributed by atoms with Gasteiger partial charge in [-0.3, -0.25) is 0 Å². The summed E-state index contributed by atoms with van der Waals surface area (Å²) >= 11 is 6.12. The molecule has 0 amide bonds. The molecule has 7 heteroatoms. The molecule has 2 aromatic carbocycles. The van der Waals surface area contributed by atoms with Gasteiger partial charge in [-0.1, -0.05) is 23.7 Å². The van der Waals surface area contributed by atoms with Gasteiger partial charge in [0, 0.05) is 5.02 Å². The first kappa shape index (κ1) is 21.0. The molecule has 3 rings (SSSR count). The van der Waals surface area contributed by atoms with E-state index in [1.54, 1.807) is 6.07 Å². The molecule has 0 unspecified atom stereocenters. The van der Waals surface area contributed by atoms with E-state index in [1.165, 1.54) is 6.92 Å². The molecule has 0 bridgehead atoms. The van der Waals surface area contributed by atoms with E-state index >= 15 is 0 Å². The molecule has 0 radical (unpaired) electrons. The van der Waals surface area contributed by atoms with Gasteiger partial charge in [-0.2, -0.15) is 0 Å². The van der Waals surface area contributed by atoms with Crippen molar-refractivity contribution in [3.63, 3.8) is 0 Å². The standard InChI is InChI=1S/C21H25ClO6/c1-11-4-6-14(22)9-15(11)13-5-7-16(12(2)8-13)27-20-21(3,26)19(25)18(24)17(10-23)28-20/h4-9,17-20,23-26H,10H2,1-3H3/t17-,18-,19+,20+,21+/m1/s1. The Labute approximate surface area is 168 Å². The monoisotopic (exact) mass is 408 g/mol. The van der Waals surface area contributed by atoms with Gasteiger partial charge in [-0.15, -0.1) is 0 Å². The molecular formula is C21H25ClO6. The van der Waals surface area contributed by atoms with Crippen LogP contribution in [0.2, 0.25) is 5.02 Å². The molecule has 1 fully saturated rings. The number of hydrogen-bond acceptors (Lipinski definition) is 6. The maximum absolute atomic E-state index is 10.6. The molecule has 0 saturated carbocycles. The highest BCUT2D eigenvalue weighted by atomic mass is 35.5. The molecule has 152 valence electrons. The lowest BCUT2D eigenvalue weighted by atomic mass is 9.88. The summed E-state index contributed by atoms with van der Waals surface area (Å²) in [5, 5.41) is 40.7. The predicted molar refractivity (Wildman–Crippen MR) is 105 cm³/mol. The first-order valence-corrected chi connectivity index (χ1v) is 9.41. The number of benzene rings is 2. The quantitative estimate of drug-likeness (QED) is 0.619. The summed E-state index contributed by atoms with van der Waals surface area (Å²) < 4.78 is 11.3. The third kappa shape index (κ3) is 3.89. The van der Waals surface area contributed by atoms with Crippen molar-refractivity contribution in [2.24, 2.45) is 0 Å². The molecule has 0 aromatic heterocycles. The second-order valence-corrected chi connectivity index (χ2v) is 7.84. The van der Waals surface area contributed by atoms with E-state index in [-0.39, 0.29) is 0 Å². The van der Waals surface area contributed by atoms with Crippen LogP contribution in [0.3, 0.4) is 0 Å². The van der Waals surface area contributed by atoms with E-state index in [4.69, 9.17) is 21.1 Å². The fourth-order valence-electron chi connectivity index (χ4n) is 3.33. The molecule has 1 aliphatic rings. The van der Waals surface area contributed by atoms with Gasteiger partial charge in [0.1, 0.15) is 24.1 Å². The third-order valence-electron chi connectivity index (χ3n) is 5.18. The fraction of sp³-hybridized carbons (Fsp3) is 0.429. The summed E-state index contributed by atoms with van der Waals surface area (Å²) in [6.07, 6.45) is -5.28. The van der Waals surface area contributed by atoms with Crippen LogP contribution in [-0.4, -0.2) is 57.2 Å². The zero-order valence-corrected chi connectivity index (χ0v) is 16.7. The Kier molecular flexibility index (Phi) is 6.00. The number of aryl methyl sites for hydroxylation is 2. The zero-order chi connectivity index (χ0) is 20.6. The minimum absolute atomic E-state index is 0.453. The van der Waals surface area contributed by atoms with Crippen LogP contribution in [0.25, 0.3) is 11.1 Å². The topological polar surface area (TPSA) is 99.4 Å². The number of ether oxygens (including phenoxy) is 2. The Balaban J connectivity index is 1.87. The smallest absolute Gasteiger partial charge is 0.231 e. The van der Waals surface area contributed by atoms with Gasteiger partial charge in [-0.25, -0.2) is 0 Å². The third-order valence-corrected chi connectivity index (χ3v) is 5.41. The van der Waals surface area contributed by atoms with E-state index in [9.17, 15) is 20.4 Å². The van der Waals surface area contributed by atoms with Crippen molar-refractivity contribution >= 4 is 11.6 Å². The van der Waals surface area contributed by atoms with Crippen LogP contribution >= 0.6 is 11.6 Å². The SMILES string of the molecule is Cc1cc(-c2cc(Cl)ccc2C)ccc1O[C@H]1O[C@H](CO)[C@@H](O)[C@H](O)[C@]1(C)O. The lowest BCUT2D eigenvalue weighted by molar-refractivity contribution is -0.314. The molecule has 5 atom stereocenters. The van der Waals surface area contributed by atoms with Crippen LogP contribution in [0, 0.1) is 13.8 Å². The molecule has 6 nitrogen and oxygen atoms in total. The number of rotatable bonds is 4. The predicted octanol–water partition coefficient (Wildman–Crippen LogP) is 2.19. The molecule has 1 saturated heterocycles. The van der Waals surface area contributed by atoms with Crippen molar-refractivity contribution in [2.45, 2.75) is 51.0 Å². The van der Waals surface area contributed by atoms with E-state index in [2.05, 4.69) is 0 Å². The van der Waals surface area contributed by atoms with Crippen molar-refractivity contribution in [1.29, 1.82) is 0 Å². The average molecular weight is 409 g/mol. The highest BCUT2D eigenvalue weighted by molar-refractivity contribution is 6.30. The second kappa shape index (κ2) is 7.99. The molecule has 2 aromatic rings. The lowest BCUT2D eigenvalue weighted by Gasteiger charge is -2.45. The normalized spacial score (nSPS) is 30.3. The van der Waals surface area contributed by atoms with Gasteiger partial charge in [0.25, 0.3) is 0 Å². The van der Waals surface area contributed by atoms with Crippen molar-refractivity contribution in [3.05, 3.63) is 52.5 Å². The van der Waals surface area contributed by atoms with Crippen molar-refractivity contribution < 1.29 is 29.9 Å². The molecule has 1 aliphatic heterocycles. The number of hydrogen-bond donors (Lipinski definition) is 4. The van der Waals surface area contributed by atoms with Crippen molar-refractivity contribution in [1.82, 2.24) is 0 Å². The Morgan fingerprint density at radius 3 is 2.46 bits per heavy atom. The number of halogens is 1. The van der Waals surface area contributed by atoms with Gasteiger partial charge in [-0.05, 0) is 67.3 Å². The van der Waals surface area contributed by atoms with Gasteiger partial charge in [0.15, 0.2) is 5.60 Å². The van der Waals surface area contributed by atoms with E-state index in [0.717, 1.165) is 22.3 Å². The van der Waals surface area contributed by atoms with Crippen LogP contribution in [-0.2, 0) is 4.74 Å². The molecule has 0 aliphatic carbocycles. The van der Waals surface area contributed by atoms with Crippen LogP contribution < -0.4 is 4.74 Å². The summed E-state index contributed by atoms with van der Waals surface area (Å²) in [6, 6.07) is 11.2. The summed E-state index contributed by atoms with van der Waals surface area (Å²) in [6.45, 7) is 4.66. The maximum atomic E-state index is 10.6. The molecule has 1 heterocycles. The zero-order valence-electron chi connectivity index (χ0n) is 16.0. The highest BCUT2D eigenvalue weighted by Crippen LogP contribution is 2.35. The first-order chi connectivity index (χ1) is 13.1. The van der Waals surface area contributed by atoms with Gasteiger partial charge in [0.2, 0.25) is 6.29 Å². The summed E-state index contributed by atoms with van der Waals surface area (Å²) in [7, 11) is 0. The van der Waals surface area contributed by atoms with E-state index in [1.807, 2.05) is 44.2 Å². The lowest BCUT2D eigenvalue weighted by Crippen LogP contribution is -2.66. The average Bonchev–Trinajstić information content (AvgIpc) is 2.65. The Hall–Kier alpha value is -1.67. The van der Waals surface area contributed by atoms with E-state index < -0.39 is 36.8 Å². The van der Waals surface area contributed by atoms with Crippen molar-refractivity contribution in [2.75, 3.05) is 6.61 Å². The second-order valence-electron chi connectivity index (χ2n) is 7.41. The summed E-state index contributed by atoms with van der Waals surface area (Å²) in [4.78, 5) is 0. The minimum Gasteiger partial charge on any atom is -0.461 e. The number of aliphatic hydroxyl groups is 4. The van der Waals surface area contributed by atoms with Crippen LogP contribution in [0.1, 0.15) is 18.1 Å². The molecular weight excluding hydrogens is 384 g/mol. The van der Waals surface area contributed by atoms with Crippen LogP contribution in [0.4, 0.5) is 0 Å². The van der Waals surface area contributed by atoms with Crippen LogP contribution in [0.5, 0.6) is 5.75 Å². The molecule has 4 N–H and O–H groups in total. The Morgan fingerprint density at radius 1 is 1.11 bits per heavy atom.